The molecule has 0 spiro atoms. The van der Waals surface area contributed by atoms with Crippen LogP contribution in [0.2, 0.25) is 0 Å². The predicted molar refractivity (Wildman–Crippen MR) is 125 cm³/mol. The number of methoxy groups -OCH3 is 1. The van der Waals surface area contributed by atoms with Gasteiger partial charge in [-0.15, -0.1) is 0 Å². The van der Waals surface area contributed by atoms with Gasteiger partial charge in [0, 0.05) is 13.1 Å². The summed E-state index contributed by atoms with van der Waals surface area (Å²) in [5.41, 5.74) is 1.98. The third kappa shape index (κ3) is 5.97. The van der Waals surface area contributed by atoms with E-state index in [4.69, 9.17) is 9.47 Å². The Bertz CT molecular complexity index is 1180. The summed E-state index contributed by atoms with van der Waals surface area (Å²) < 4.78 is 12.3. The van der Waals surface area contributed by atoms with Gasteiger partial charge in [-0.25, -0.2) is 14.6 Å². The molecule has 0 radical (unpaired) electrons. The van der Waals surface area contributed by atoms with Gasteiger partial charge in [0.1, 0.15) is 23.6 Å². The molecule has 170 valence electrons. The highest BCUT2D eigenvalue weighted by molar-refractivity contribution is 5.86. The summed E-state index contributed by atoms with van der Waals surface area (Å²) >= 11 is 0. The van der Waals surface area contributed by atoms with Crippen LogP contribution in [0.1, 0.15) is 5.56 Å². The molecule has 2 aromatic carbocycles. The maximum absolute atomic E-state index is 12.1. The van der Waals surface area contributed by atoms with Crippen molar-refractivity contribution in [1.29, 1.82) is 0 Å². The lowest BCUT2D eigenvalue weighted by Gasteiger charge is -2.09. The van der Waals surface area contributed by atoms with Crippen molar-refractivity contribution in [1.82, 2.24) is 25.1 Å². The molecule has 0 saturated carbocycles. The van der Waals surface area contributed by atoms with E-state index in [0.29, 0.717) is 18.8 Å². The fourth-order valence-electron chi connectivity index (χ4n) is 3.34. The van der Waals surface area contributed by atoms with Crippen molar-refractivity contribution < 1.29 is 14.3 Å². The van der Waals surface area contributed by atoms with Crippen molar-refractivity contribution in [2.24, 2.45) is 0 Å². The van der Waals surface area contributed by atoms with E-state index in [1.165, 1.54) is 11.9 Å². The molecule has 4 aromatic rings. The van der Waals surface area contributed by atoms with Crippen LogP contribution in [-0.4, -0.2) is 52.5 Å². The number of nitrogens with one attached hydrogen (secondary N) is 2. The van der Waals surface area contributed by atoms with E-state index in [-0.39, 0.29) is 12.5 Å². The number of nitrogens with zero attached hydrogens (tertiary/aromatic N) is 4. The van der Waals surface area contributed by atoms with Crippen LogP contribution in [0, 0.1) is 0 Å². The molecule has 2 aromatic heterocycles. The third-order valence-corrected chi connectivity index (χ3v) is 5.06. The molecule has 0 bridgehead atoms. The maximum Gasteiger partial charge on any atom is 0.258 e. The first kappa shape index (κ1) is 22.1. The van der Waals surface area contributed by atoms with E-state index < -0.39 is 0 Å². The Labute approximate surface area is 191 Å². The molecule has 4 rings (SSSR count). The van der Waals surface area contributed by atoms with Crippen LogP contribution in [0.15, 0.2) is 67.1 Å². The standard InChI is InChI=1S/C24H26N6O3/c1-32-19-7-9-20(10-8-19)33-16-22(31)25-13-14-30-24-21(15-29-30)23(27-17-28-24)26-12-11-18-5-3-2-4-6-18/h2-10,15,17H,11-14,16H2,1H3,(H,25,31)(H,26,27,28). The SMILES string of the molecule is COc1ccc(OCC(=O)NCCn2ncc3c(NCCc4ccccc4)ncnc32)cc1. The molecule has 0 unspecified atom stereocenters. The molecule has 2 heterocycles. The number of carbonyl (C=O) groups excluding carboxylic acids is 1. The molecular formula is C24H26N6O3. The Balaban J connectivity index is 1.25. The summed E-state index contributed by atoms with van der Waals surface area (Å²) in [7, 11) is 1.60. The van der Waals surface area contributed by atoms with Gasteiger partial charge in [-0.3, -0.25) is 4.79 Å². The normalized spacial score (nSPS) is 10.7. The number of anilines is 1. The molecule has 0 aliphatic rings. The summed E-state index contributed by atoms with van der Waals surface area (Å²) in [6.45, 7) is 1.58. The number of hydrogen-bond acceptors (Lipinski definition) is 7. The van der Waals surface area contributed by atoms with E-state index in [9.17, 15) is 4.79 Å². The Hall–Kier alpha value is -4.14. The lowest BCUT2D eigenvalue weighted by Crippen LogP contribution is -2.31. The monoisotopic (exact) mass is 446 g/mol. The first-order valence-corrected chi connectivity index (χ1v) is 10.7. The Morgan fingerprint density at radius 2 is 1.79 bits per heavy atom. The van der Waals surface area contributed by atoms with E-state index >= 15 is 0 Å². The van der Waals surface area contributed by atoms with Crippen LogP contribution in [0.4, 0.5) is 5.82 Å². The first-order chi connectivity index (χ1) is 16.2. The highest BCUT2D eigenvalue weighted by Gasteiger charge is 2.10. The predicted octanol–water partition coefficient (Wildman–Crippen LogP) is 2.68. The van der Waals surface area contributed by atoms with Gasteiger partial charge in [0.15, 0.2) is 12.3 Å². The van der Waals surface area contributed by atoms with E-state index in [0.717, 1.165) is 35.6 Å². The summed E-state index contributed by atoms with van der Waals surface area (Å²) in [5, 5.41) is 11.5. The van der Waals surface area contributed by atoms with Gasteiger partial charge >= 0.3 is 0 Å². The number of amides is 1. The fourth-order valence-corrected chi connectivity index (χ4v) is 3.34. The topological polar surface area (TPSA) is 103 Å². The molecule has 0 fully saturated rings. The molecule has 0 aliphatic heterocycles. The molecule has 2 N–H and O–H groups in total. The van der Waals surface area contributed by atoms with Gasteiger partial charge in [-0.05, 0) is 36.2 Å². The maximum atomic E-state index is 12.1. The van der Waals surface area contributed by atoms with Crippen LogP contribution in [-0.2, 0) is 17.8 Å². The Morgan fingerprint density at radius 3 is 2.58 bits per heavy atom. The van der Waals surface area contributed by atoms with Crippen molar-refractivity contribution in [3.63, 3.8) is 0 Å². The van der Waals surface area contributed by atoms with Gasteiger partial charge in [0.05, 0.1) is 25.2 Å². The van der Waals surface area contributed by atoms with Gasteiger partial charge in [0.2, 0.25) is 0 Å². The van der Waals surface area contributed by atoms with Gasteiger partial charge in [-0.2, -0.15) is 5.10 Å². The van der Waals surface area contributed by atoms with E-state index in [1.807, 2.05) is 18.2 Å². The van der Waals surface area contributed by atoms with Crippen molar-refractivity contribution in [3.8, 4) is 11.5 Å². The van der Waals surface area contributed by atoms with Crippen LogP contribution in [0.25, 0.3) is 11.0 Å². The third-order valence-electron chi connectivity index (χ3n) is 5.06. The number of fused-ring (bicyclic) bond motifs is 1. The average Bonchev–Trinajstić information content (AvgIpc) is 3.27. The number of carbonyl (C=O) groups is 1. The fraction of sp³-hybridized carbons (Fsp3) is 0.250. The summed E-state index contributed by atoms with van der Waals surface area (Å²) in [6.07, 6.45) is 4.16. The Morgan fingerprint density at radius 1 is 1.00 bits per heavy atom. The van der Waals surface area contributed by atoms with Crippen molar-refractivity contribution in [3.05, 3.63) is 72.7 Å². The average molecular weight is 447 g/mol. The first-order valence-electron chi connectivity index (χ1n) is 10.7. The molecule has 0 saturated heterocycles. The van der Waals surface area contributed by atoms with Gasteiger partial charge < -0.3 is 20.1 Å². The quantitative estimate of drug-likeness (QED) is 0.365. The number of ether oxygens (including phenoxy) is 2. The molecular weight excluding hydrogens is 420 g/mol. The minimum Gasteiger partial charge on any atom is -0.497 e. The summed E-state index contributed by atoms with van der Waals surface area (Å²) in [4.78, 5) is 20.8. The molecule has 33 heavy (non-hydrogen) atoms. The van der Waals surface area contributed by atoms with Crippen molar-refractivity contribution >= 4 is 22.8 Å². The van der Waals surface area contributed by atoms with Crippen LogP contribution >= 0.6 is 0 Å². The highest BCUT2D eigenvalue weighted by Crippen LogP contribution is 2.19. The lowest BCUT2D eigenvalue weighted by atomic mass is 10.1. The second-order valence-corrected chi connectivity index (χ2v) is 7.30. The lowest BCUT2D eigenvalue weighted by molar-refractivity contribution is -0.123. The van der Waals surface area contributed by atoms with Crippen molar-refractivity contribution in [2.75, 3.05) is 32.1 Å². The van der Waals surface area contributed by atoms with Crippen LogP contribution in [0.3, 0.4) is 0 Å². The second-order valence-electron chi connectivity index (χ2n) is 7.30. The van der Waals surface area contributed by atoms with E-state index in [2.05, 4.69) is 37.8 Å². The molecule has 9 nitrogen and oxygen atoms in total. The van der Waals surface area contributed by atoms with Crippen LogP contribution < -0.4 is 20.1 Å². The van der Waals surface area contributed by atoms with Crippen molar-refractivity contribution in [2.45, 2.75) is 13.0 Å². The molecule has 9 heteroatoms. The van der Waals surface area contributed by atoms with Gasteiger partial charge in [0.25, 0.3) is 5.91 Å². The minimum atomic E-state index is -0.208. The van der Waals surface area contributed by atoms with Gasteiger partial charge in [-0.1, -0.05) is 30.3 Å². The summed E-state index contributed by atoms with van der Waals surface area (Å²) in [6, 6.07) is 17.4. The van der Waals surface area contributed by atoms with Crippen LogP contribution in [0.5, 0.6) is 11.5 Å². The molecule has 0 aliphatic carbocycles. The molecule has 0 atom stereocenters. The largest absolute Gasteiger partial charge is 0.497 e. The second kappa shape index (κ2) is 10.9. The zero-order valence-corrected chi connectivity index (χ0v) is 18.4. The smallest absolute Gasteiger partial charge is 0.258 e. The highest BCUT2D eigenvalue weighted by atomic mass is 16.5. The zero-order chi connectivity index (χ0) is 22.9. The number of benzene rings is 2. The minimum absolute atomic E-state index is 0.0656. The van der Waals surface area contributed by atoms with E-state index in [1.54, 1.807) is 42.3 Å². The number of hydrogen-bond donors (Lipinski definition) is 2. The summed E-state index contributed by atoms with van der Waals surface area (Å²) in [5.74, 6) is 1.88. The zero-order valence-electron chi connectivity index (χ0n) is 18.4. The molecule has 1 amide bonds. The number of rotatable bonds is 11. The number of aromatic nitrogens is 4. The Kier molecular flexibility index (Phi) is 7.32.